The third-order valence-electron chi connectivity index (χ3n) is 2.19. The molecule has 1 aromatic rings. The quantitative estimate of drug-likeness (QED) is 0.782. The minimum atomic E-state index is -0.457. The summed E-state index contributed by atoms with van der Waals surface area (Å²) in [6.45, 7) is 3.57. The van der Waals surface area contributed by atoms with Crippen molar-refractivity contribution in [2.24, 2.45) is 0 Å². The van der Waals surface area contributed by atoms with Crippen LogP contribution >= 0.6 is 11.6 Å². The van der Waals surface area contributed by atoms with Crippen LogP contribution in [-0.2, 0) is 0 Å². The molecule has 0 radical (unpaired) electrons. The van der Waals surface area contributed by atoms with Crippen LogP contribution in [0.1, 0.15) is 25.3 Å². The zero-order chi connectivity index (χ0) is 10.0. The van der Waals surface area contributed by atoms with Gasteiger partial charge in [-0.2, -0.15) is 0 Å². The molecule has 0 saturated heterocycles. The lowest BCUT2D eigenvalue weighted by Gasteiger charge is -2.15. The van der Waals surface area contributed by atoms with Crippen molar-refractivity contribution < 1.29 is 9.50 Å². The predicted octanol–water partition coefficient (Wildman–Crippen LogP) is 2.96. The molecule has 0 amide bonds. The second-order valence-corrected chi connectivity index (χ2v) is 3.61. The highest BCUT2D eigenvalue weighted by atomic mass is 35.5. The fourth-order valence-electron chi connectivity index (χ4n) is 1.07. The number of benzene rings is 1. The van der Waals surface area contributed by atoms with Crippen LogP contribution in [0.2, 0.25) is 5.02 Å². The maximum absolute atomic E-state index is 12.8. The molecule has 13 heavy (non-hydrogen) atoms. The summed E-state index contributed by atoms with van der Waals surface area (Å²) in [7, 11) is 0. The van der Waals surface area contributed by atoms with Crippen LogP contribution in [0.15, 0.2) is 18.2 Å². The zero-order valence-corrected chi connectivity index (χ0v) is 8.35. The minimum absolute atomic E-state index is 0.0295. The first kappa shape index (κ1) is 10.5. The molecular weight excluding hydrogens is 191 g/mol. The Labute approximate surface area is 82.2 Å². The van der Waals surface area contributed by atoms with Crippen molar-refractivity contribution in [3.63, 3.8) is 0 Å². The highest BCUT2D eigenvalue weighted by molar-refractivity contribution is 6.30. The van der Waals surface area contributed by atoms with E-state index in [-0.39, 0.29) is 10.9 Å². The largest absolute Gasteiger partial charge is 0.393 e. The molecule has 0 aromatic heterocycles. The van der Waals surface area contributed by atoms with Crippen LogP contribution in [0.25, 0.3) is 0 Å². The molecule has 0 saturated carbocycles. The summed E-state index contributed by atoms with van der Waals surface area (Å²) in [5.41, 5.74) is 0.849. The lowest BCUT2D eigenvalue weighted by molar-refractivity contribution is 0.169. The molecule has 1 nitrogen and oxygen atoms in total. The van der Waals surface area contributed by atoms with Crippen LogP contribution in [0.3, 0.4) is 0 Å². The topological polar surface area (TPSA) is 20.2 Å². The predicted molar refractivity (Wildman–Crippen MR) is 51.5 cm³/mol. The maximum atomic E-state index is 12.8. The van der Waals surface area contributed by atoms with Gasteiger partial charge in [0.2, 0.25) is 0 Å². The third kappa shape index (κ3) is 2.42. The van der Waals surface area contributed by atoms with Crippen molar-refractivity contribution in [1.29, 1.82) is 0 Å². The smallest absolute Gasteiger partial charge is 0.141 e. The standard InChI is InChI=1S/C10H12ClFO/c1-6(7(2)13)8-3-4-10(12)9(11)5-8/h3-7,13H,1-2H3. The van der Waals surface area contributed by atoms with E-state index in [1.165, 1.54) is 6.07 Å². The van der Waals surface area contributed by atoms with Gasteiger partial charge in [0, 0.05) is 5.92 Å². The average Bonchev–Trinajstić information content (AvgIpc) is 2.08. The summed E-state index contributed by atoms with van der Waals surface area (Å²) in [6, 6.07) is 4.50. The summed E-state index contributed by atoms with van der Waals surface area (Å²) >= 11 is 5.61. The number of hydrogen-bond acceptors (Lipinski definition) is 1. The van der Waals surface area contributed by atoms with Gasteiger partial charge >= 0.3 is 0 Å². The van der Waals surface area contributed by atoms with E-state index < -0.39 is 11.9 Å². The summed E-state index contributed by atoms with van der Waals surface area (Å²) in [4.78, 5) is 0. The second kappa shape index (κ2) is 4.07. The van der Waals surface area contributed by atoms with Gasteiger partial charge in [0.05, 0.1) is 11.1 Å². The maximum Gasteiger partial charge on any atom is 0.141 e. The molecule has 1 rings (SSSR count). The van der Waals surface area contributed by atoms with Crippen LogP contribution in [0.4, 0.5) is 4.39 Å². The van der Waals surface area contributed by atoms with Gasteiger partial charge in [-0.1, -0.05) is 24.6 Å². The SMILES string of the molecule is CC(O)C(C)c1ccc(F)c(Cl)c1. The fourth-order valence-corrected chi connectivity index (χ4v) is 1.26. The highest BCUT2D eigenvalue weighted by Gasteiger charge is 2.12. The van der Waals surface area contributed by atoms with E-state index in [1.54, 1.807) is 19.1 Å². The van der Waals surface area contributed by atoms with Gasteiger partial charge in [-0.05, 0) is 24.6 Å². The zero-order valence-electron chi connectivity index (χ0n) is 7.59. The van der Waals surface area contributed by atoms with Gasteiger partial charge in [-0.15, -0.1) is 0 Å². The third-order valence-corrected chi connectivity index (χ3v) is 2.48. The van der Waals surface area contributed by atoms with E-state index in [9.17, 15) is 9.50 Å². The van der Waals surface area contributed by atoms with Crippen molar-refractivity contribution in [2.45, 2.75) is 25.9 Å². The molecule has 0 spiro atoms. The summed E-state index contributed by atoms with van der Waals surface area (Å²) < 4.78 is 12.8. The number of aliphatic hydroxyl groups is 1. The molecule has 2 atom stereocenters. The monoisotopic (exact) mass is 202 g/mol. The Morgan fingerprint density at radius 2 is 2.00 bits per heavy atom. The summed E-state index contributed by atoms with van der Waals surface area (Å²) in [5, 5.41) is 9.40. The Morgan fingerprint density at radius 1 is 1.38 bits per heavy atom. The van der Waals surface area contributed by atoms with Crippen LogP contribution < -0.4 is 0 Å². The first-order valence-corrected chi connectivity index (χ1v) is 4.53. The first-order valence-electron chi connectivity index (χ1n) is 4.15. The molecule has 0 aliphatic rings. The van der Waals surface area contributed by atoms with E-state index in [4.69, 9.17) is 11.6 Å². The fraction of sp³-hybridized carbons (Fsp3) is 0.400. The Hall–Kier alpha value is -0.600. The van der Waals surface area contributed by atoms with Crippen molar-refractivity contribution >= 4 is 11.6 Å². The summed E-state index contributed by atoms with van der Waals surface area (Å²) in [5.74, 6) is -0.457. The Bertz CT molecular complexity index is 299. The van der Waals surface area contributed by atoms with E-state index >= 15 is 0 Å². The Kier molecular flexibility index (Phi) is 3.28. The first-order chi connectivity index (χ1) is 6.02. The van der Waals surface area contributed by atoms with Crippen LogP contribution in [0, 0.1) is 5.82 Å². The van der Waals surface area contributed by atoms with Crippen molar-refractivity contribution in [3.8, 4) is 0 Å². The number of aliphatic hydroxyl groups excluding tert-OH is 1. The van der Waals surface area contributed by atoms with Crippen molar-refractivity contribution in [1.82, 2.24) is 0 Å². The second-order valence-electron chi connectivity index (χ2n) is 3.20. The van der Waals surface area contributed by atoms with Crippen molar-refractivity contribution in [2.75, 3.05) is 0 Å². The van der Waals surface area contributed by atoms with E-state index in [1.807, 2.05) is 6.92 Å². The van der Waals surface area contributed by atoms with Crippen LogP contribution in [-0.4, -0.2) is 11.2 Å². The van der Waals surface area contributed by atoms with Gasteiger partial charge < -0.3 is 5.11 Å². The van der Waals surface area contributed by atoms with E-state index in [0.29, 0.717) is 0 Å². The molecule has 0 bridgehead atoms. The van der Waals surface area contributed by atoms with Crippen molar-refractivity contribution in [3.05, 3.63) is 34.6 Å². The lowest BCUT2D eigenvalue weighted by atomic mass is 9.96. The molecule has 2 unspecified atom stereocenters. The Morgan fingerprint density at radius 3 is 2.46 bits per heavy atom. The van der Waals surface area contributed by atoms with Gasteiger partial charge in [0.1, 0.15) is 5.82 Å². The normalized spacial score (nSPS) is 15.5. The van der Waals surface area contributed by atoms with Crippen LogP contribution in [0.5, 0.6) is 0 Å². The molecule has 3 heteroatoms. The van der Waals surface area contributed by atoms with E-state index in [2.05, 4.69) is 0 Å². The lowest BCUT2D eigenvalue weighted by Crippen LogP contribution is -2.10. The highest BCUT2D eigenvalue weighted by Crippen LogP contribution is 2.24. The molecule has 0 aliphatic heterocycles. The van der Waals surface area contributed by atoms with E-state index in [0.717, 1.165) is 5.56 Å². The molecule has 1 N–H and O–H groups in total. The molecule has 0 aliphatic carbocycles. The van der Waals surface area contributed by atoms with Gasteiger partial charge in [-0.3, -0.25) is 0 Å². The average molecular weight is 203 g/mol. The molecular formula is C10H12ClFO. The van der Waals surface area contributed by atoms with Gasteiger partial charge in [-0.25, -0.2) is 4.39 Å². The molecule has 0 heterocycles. The Balaban J connectivity index is 2.97. The number of hydrogen-bond donors (Lipinski definition) is 1. The summed E-state index contributed by atoms with van der Waals surface area (Å²) in [6.07, 6.45) is -0.457. The van der Waals surface area contributed by atoms with Gasteiger partial charge in [0.25, 0.3) is 0 Å². The molecule has 1 aromatic carbocycles. The number of halogens is 2. The molecule has 0 fully saturated rings. The minimum Gasteiger partial charge on any atom is -0.393 e. The molecule has 72 valence electrons. The number of rotatable bonds is 2. The van der Waals surface area contributed by atoms with Gasteiger partial charge in [0.15, 0.2) is 0 Å².